The Kier molecular flexibility index (Phi) is 6.61. The maximum atomic E-state index is 13.8. The number of hydrogen-bond acceptors (Lipinski definition) is 3. The normalized spacial score (nSPS) is 11.2. The molecule has 0 fully saturated rings. The molecule has 2 rings (SSSR count). The lowest BCUT2D eigenvalue weighted by Gasteiger charge is -2.21. The second-order valence-corrected chi connectivity index (χ2v) is 5.98. The molecule has 0 radical (unpaired) electrons. The van der Waals surface area contributed by atoms with Gasteiger partial charge in [-0.3, -0.25) is 9.59 Å². The van der Waals surface area contributed by atoms with Crippen LogP contribution in [-0.4, -0.2) is 35.5 Å². The maximum absolute atomic E-state index is 13.8. The number of aliphatic carboxylic acids is 1. The van der Waals surface area contributed by atoms with Gasteiger partial charge in [-0.15, -0.1) is 0 Å². The molecule has 0 saturated carbocycles. The first-order valence-electron chi connectivity index (χ1n) is 8.08. The SMILES string of the molecule is COc1ccc(CC(=O)N(CC(=O)O)Cc2ccc(C(F)(F)F)cc2)cc1F. The van der Waals surface area contributed by atoms with E-state index in [0.29, 0.717) is 11.1 Å². The Hall–Kier alpha value is -3.10. The molecule has 5 nitrogen and oxygen atoms in total. The average Bonchev–Trinajstić information content (AvgIpc) is 2.60. The van der Waals surface area contributed by atoms with E-state index in [-0.39, 0.29) is 18.7 Å². The van der Waals surface area contributed by atoms with E-state index in [4.69, 9.17) is 9.84 Å². The summed E-state index contributed by atoms with van der Waals surface area (Å²) in [6.45, 7) is -0.833. The largest absolute Gasteiger partial charge is 0.494 e. The number of nitrogens with zero attached hydrogens (tertiary/aromatic N) is 1. The Labute approximate surface area is 158 Å². The molecule has 0 spiro atoms. The summed E-state index contributed by atoms with van der Waals surface area (Å²) in [5.41, 5.74) is -0.198. The summed E-state index contributed by atoms with van der Waals surface area (Å²) in [4.78, 5) is 24.5. The van der Waals surface area contributed by atoms with Gasteiger partial charge in [0.1, 0.15) is 6.54 Å². The van der Waals surface area contributed by atoms with Crippen molar-refractivity contribution >= 4 is 11.9 Å². The van der Waals surface area contributed by atoms with Crippen molar-refractivity contribution in [2.24, 2.45) is 0 Å². The van der Waals surface area contributed by atoms with Crippen LogP contribution >= 0.6 is 0 Å². The third-order valence-corrected chi connectivity index (χ3v) is 3.91. The molecule has 0 aliphatic carbocycles. The number of carbonyl (C=O) groups is 2. The van der Waals surface area contributed by atoms with Crippen molar-refractivity contribution in [2.75, 3.05) is 13.7 Å². The monoisotopic (exact) mass is 399 g/mol. The fourth-order valence-corrected chi connectivity index (χ4v) is 2.52. The molecule has 28 heavy (non-hydrogen) atoms. The zero-order valence-corrected chi connectivity index (χ0v) is 14.8. The van der Waals surface area contributed by atoms with Crippen LogP contribution in [0.3, 0.4) is 0 Å². The summed E-state index contributed by atoms with van der Waals surface area (Å²) in [6.07, 6.45) is -4.76. The summed E-state index contributed by atoms with van der Waals surface area (Å²) >= 11 is 0. The molecule has 0 aliphatic rings. The van der Waals surface area contributed by atoms with Crippen molar-refractivity contribution in [1.29, 1.82) is 0 Å². The third kappa shape index (κ3) is 5.70. The van der Waals surface area contributed by atoms with Crippen molar-refractivity contribution in [2.45, 2.75) is 19.1 Å². The number of ether oxygens (including phenoxy) is 1. The number of carbonyl (C=O) groups excluding carboxylic acids is 1. The lowest BCUT2D eigenvalue weighted by atomic mass is 10.1. The first-order chi connectivity index (χ1) is 13.1. The van der Waals surface area contributed by atoms with Gasteiger partial charge in [-0.25, -0.2) is 4.39 Å². The molecule has 2 aromatic rings. The minimum absolute atomic E-state index is 0.00310. The molecule has 150 valence electrons. The smallest absolute Gasteiger partial charge is 0.416 e. The highest BCUT2D eigenvalue weighted by molar-refractivity contribution is 5.83. The van der Waals surface area contributed by atoms with Gasteiger partial charge in [-0.05, 0) is 35.4 Å². The van der Waals surface area contributed by atoms with Crippen molar-refractivity contribution in [3.05, 3.63) is 65.0 Å². The molecule has 0 aromatic heterocycles. The summed E-state index contributed by atoms with van der Waals surface area (Å²) in [5, 5.41) is 9.02. The van der Waals surface area contributed by atoms with Gasteiger partial charge >= 0.3 is 12.1 Å². The zero-order valence-electron chi connectivity index (χ0n) is 14.8. The van der Waals surface area contributed by atoms with Crippen LogP contribution in [0.2, 0.25) is 0 Å². The van der Waals surface area contributed by atoms with Gasteiger partial charge in [0.2, 0.25) is 5.91 Å². The lowest BCUT2D eigenvalue weighted by Crippen LogP contribution is -2.36. The number of benzene rings is 2. The molecule has 0 saturated heterocycles. The molecule has 0 heterocycles. The summed E-state index contributed by atoms with van der Waals surface area (Å²) in [6, 6.07) is 7.99. The molecule has 1 N–H and O–H groups in total. The number of amides is 1. The Morgan fingerprint density at radius 1 is 1.07 bits per heavy atom. The Bertz CT molecular complexity index is 850. The van der Waals surface area contributed by atoms with Crippen molar-refractivity contribution in [1.82, 2.24) is 4.90 Å². The molecule has 0 atom stereocenters. The van der Waals surface area contributed by atoms with Crippen molar-refractivity contribution in [3.63, 3.8) is 0 Å². The predicted octanol–water partition coefficient (Wildman–Crippen LogP) is 3.51. The van der Waals surface area contributed by atoms with E-state index in [9.17, 15) is 27.2 Å². The molecule has 1 amide bonds. The van der Waals surface area contributed by atoms with Crippen LogP contribution in [0.1, 0.15) is 16.7 Å². The molecular weight excluding hydrogens is 382 g/mol. The first-order valence-corrected chi connectivity index (χ1v) is 8.08. The van der Waals surface area contributed by atoms with Gasteiger partial charge < -0.3 is 14.7 Å². The van der Waals surface area contributed by atoms with Crippen LogP contribution in [0.15, 0.2) is 42.5 Å². The molecule has 0 bridgehead atoms. The standard InChI is InChI=1S/C19H17F4NO4/c1-28-16-7-4-13(8-15(16)20)9-17(25)24(11-18(26)27)10-12-2-5-14(6-3-12)19(21,22)23/h2-8H,9-11H2,1H3,(H,26,27). The summed E-state index contributed by atoms with van der Waals surface area (Å²) in [5.74, 6) is -2.54. The average molecular weight is 399 g/mol. The maximum Gasteiger partial charge on any atom is 0.416 e. The number of methoxy groups -OCH3 is 1. The highest BCUT2D eigenvalue weighted by Gasteiger charge is 2.30. The third-order valence-electron chi connectivity index (χ3n) is 3.91. The lowest BCUT2D eigenvalue weighted by molar-refractivity contribution is -0.144. The fourth-order valence-electron chi connectivity index (χ4n) is 2.52. The number of carboxylic acid groups (broad SMARTS) is 1. The molecule has 0 aliphatic heterocycles. The van der Waals surface area contributed by atoms with Gasteiger partial charge in [0.25, 0.3) is 0 Å². The molecule has 0 unspecified atom stereocenters. The van der Waals surface area contributed by atoms with Crippen LogP contribution in [0.25, 0.3) is 0 Å². The van der Waals surface area contributed by atoms with Gasteiger partial charge in [-0.1, -0.05) is 18.2 Å². The topological polar surface area (TPSA) is 66.8 Å². The fraction of sp³-hybridized carbons (Fsp3) is 0.263. The van der Waals surface area contributed by atoms with Gasteiger partial charge in [0, 0.05) is 6.54 Å². The molecular formula is C19H17F4NO4. The van der Waals surface area contributed by atoms with Gasteiger partial charge in [0.05, 0.1) is 19.1 Å². The highest BCUT2D eigenvalue weighted by atomic mass is 19.4. The van der Waals surface area contributed by atoms with E-state index in [1.807, 2.05) is 0 Å². The van der Waals surface area contributed by atoms with Gasteiger partial charge in [0.15, 0.2) is 11.6 Å². The van der Waals surface area contributed by atoms with E-state index < -0.39 is 36.0 Å². The minimum atomic E-state index is -4.49. The summed E-state index contributed by atoms with van der Waals surface area (Å²) in [7, 11) is 1.29. The number of hydrogen-bond donors (Lipinski definition) is 1. The number of alkyl halides is 3. The van der Waals surface area contributed by atoms with Crippen LogP contribution in [0.5, 0.6) is 5.75 Å². The van der Waals surface area contributed by atoms with Crippen LogP contribution in [0, 0.1) is 5.82 Å². The number of carboxylic acids is 1. The van der Waals surface area contributed by atoms with Crippen LogP contribution in [0.4, 0.5) is 17.6 Å². The van der Waals surface area contributed by atoms with Crippen LogP contribution in [-0.2, 0) is 28.7 Å². The first kappa shape index (κ1) is 21.2. The van der Waals surface area contributed by atoms with E-state index in [0.717, 1.165) is 23.1 Å². The number of rotatable bonds is 7. The summed E-state index contributed by atoms with van der Waals surface area (Å²) < 4.78 is 56.4. The van der Waals surface area contributed by atoms with E-state index >= 15 is 0 Å². The second-order valence-electron chi connectivity index (χ2n) is 5.98. The number of halogens is 4. The Balaban J connectivity index is 2.15. The van der Waals surface area contributed by atoms with E-state index in [2.05, 4.69) is 0 Å². The Morgan fingerprint density at radius 3 is 2.18 bits per heavy atom. The molecule has 2 aromatic carbocycles. The minimum Gasteiger partial charge on any atom is -0.494 e. The Morgan fingerprint density at radius 2 is 1.68 bits per heavy atom. The quantitative estimate of drug-likeness (QED) is 0.724. The van der Waals surface area contributed by atoms with E-state index in [1.54, 1.807) is 0 Å². The van der Waals surface area contributed by atoms with Crippen molar-refractivity contribution in [3.8, 4) is 5.75 Å². The zero-order chi connectivity index (χ0) is 20.9. The van der Waals surface area contributed by atoms with Gasteiger partial charge in [-0.2, -0.15) is 13.2 Å². The van der Waals surface area contributed by atoms with Crippen molar-refractivity contribution < 1.29 is 37.0 Å². The second kappa shape index (κ2) is 8.73. The molecule has 9 heteroatoms. The highest BCUT2D eigenvalue weighted by Crippen LogP contribution is 2.29. The van der Waals surface area contributed by atoms with E-state index in [1.165, 1.54) is 31.4 Å². The predicted molar refractivity (Wildman–Crippen MR) is 91.2 cm³/mol. The van der Waals surface area contributed by atoms with Crippen LogP contribution < -0.4 is 4.74 Å².